The molecule has 0 unspecified atom stereocenters. The average molecular weight is 350 g/mol. The molecule has 0 saturated carbocycles. The van der Waals surface area contributed by atoms with Crippen molar-refractivity contribution >= 4 is 5.91 Å². The number of hydrogen-bond donors (Lipinski definition) is 1. The van der Waals surface area contributed by atoms with E-state index in [0.29, 0.717) is 31.6 Å². The van der Waals surface area contributed by atoms with Crippen LogP contribution in [0.1, 0.15) is 58.4 Å². The highest BCUT2D eigenvalue weighted by Gasteiger charge is 2.32. The number of carbonyl (C=O) groups excluding carboxylic acids is 1. The van der Waals surface area contributed by atoms with Crippen LogP contribution in [0.2, 0.25) is 0 Å². The Labute approximate surface area is 152 Å². The second-order valence-electron chi connectivity index (χ2n) is 7.12. The summed E-state index contributed by atoms with van der Waals surface area (Å²) in [6, 6.07) is 8.25. The minimum atomic E-state index is -0.0709. The summed E-state index contributed by atoms with van der Waals surface area (Å²) >= 11 is 0. The fourth-order valence-corrected chi connectivity index (χ4v) is 4.11. The number of carbonyl (C=O) groups is 1. The van der Waals surface area contributed by atoms with Crippen LogP contribution in [0.5, 0.6) is 0 Å². The van der Waals surface area contributed by atoms with Crippen LogP contribution in [-0.2, 0) is 30.5 Å². The first-order chi connectivity index (χ1) is 12.6. The molecule has 1 aromatic carbocycles. The monoisotopic (exact) mass is 350 g/mol. The van der Waals surface area contributed by atoms with Crippen molar-refractivity contribution in [2.24, 2.45) is 0 Å². The minimum Gasteiger partial charge on any atom is -0.369 e. The Morgan fingerprint density at radius 1 is 1.42 bits per heavy atom. The molecule has 2 atom stereocenters. The van der Waals surface area contributed by atoms with E-state index in [1.807, 2.05) is 36.9 Å². The molecular formula is C20H22N4O2. The van der Waals surface area contributed by atoms with E-state index in [9.17, 15) is 4.79 Å². The summed E-state index contributed by atoms with van der Waals surface area (Å²) in [5.41, 5.74) is 5.86. The first kappa shape index (κ1) is 16.8. The molecule has 26 heavy (non-hydrogen) atoms. The maximum Gasteiger partial charge on any atom is 0.274 e. The topological polar surface area (TPSA) is 82.0 Å². The number of hydrogen-bond acceptors (Lipinski definition) is 4. The average Bonchev–Trinajstić information content (AvgIpc) is 3.05. The number of fused-ring (bicyclic) bond motifs is 2. The van der Waals surface area contributed by atoms with Crippen LogP contribution in [0.15, 0.2) is 18.2 Å². The van der Waals surface area contributed by atoms with E-state index in [1.54, 1.807) is 0 Å². The Balaban J connectivity index is 1.60. The van der Waals surface area contributed by atoms with Gasteiger partial charge in [0.15, 0.2) is 5.69 Å². The predicted molar refractivity (Wildman–Crippen MR) is 95.5 cm³/mol. The Morgan fingerprint density at radius 3 is 3.08 bits per heavy atom. The quantitative estimate of drug-likeness (QED) is 0.903. The molecule has 0 aliphatic carbocycles. The van der Waals surface area contributed by atoms with Crippen molar-refractivity contribution in [3.05, 3.63) is 51.8 Å². The lowest BCUT2D eigenvalue weighted by molar-refractivity contribution is -0.00702. The van der Waals surface area contributed by atoms with Crippen molar-refractivity contribution in [3.63, 3.8) is 0 Å². The number of ether oxygens (including phenoxy) is 1. The van der Waals surface area contributed by atoms with Crippen molar-refractivity contribution in [2.45, 2.75) is 51.9 Å². The Hall–Kier alpha value is -2.65. The molecule has 0 radical (unpaired) electrons. The molecule has 0 fully saturated rings. The third-order valence-electron chi connectivity index (χ3n) is 5.36. The van der Waals surface area contributed by atoms with Gasteiger partial charge in [-0.15, -0.1) is 0 Å². The van der Waals surface area contributed by atoms with Crippen LogP contribution < -0.4 is 0 Å². The number of benzene rings is 1. The third-order valence-corrected chi connectivity index (χ3v) is 5.36. The Morgan fingerprint density at radius 2 is 2.27 bits per heavy atom. The number of H-pyrrole nitrogens is 1. The lowest BCUT2D eigenvalue weighted by atomic mass is 9.92. The van der Waals surface area contributed by atoms with Gasteiger partial charge in [-0.2, -0.15) is 10.4 Å². The first-order valence-corrected chi connectivity index (χ1v) is 9.07. The molecule has 0 spiro atoms. The summed E-state index contributed by atoms with van der Waals surface area (Å²) in [7, 11) is 0. The lowest BCUT2D eigenvalue weighted by Crippen LogP contribution is -2.37. The maximum atomic E-state index is 13.1. The van der Waals surface area contributed by atoms with Crippen molar-refractivity contribution in [1.82, 2.24) is 15.1 Å². The smallest absolute Gasteiger partial charge is 0.274 e. The molecule has 4 rings (SSSR count). The van der Waals surface area contributed by atoms with Crippen molar-refractivity contribution < 1.29 is 9.53 Å². The SMILES string of the molecule is C[C@@H]1Cc2c(C(=O)N3CCc4c(CC#N)cccc4C3)n[nH]c2[C@H](C)O1. The predicted octanol–water partition coefficient (Wildman–Crippen LogP) is 2.70. The zero-order valence-corrected chi connectivity index (χ0v) is 15.1. The Kier molecular flexibility index (Phi) is 4.25. The highest BCUT2D eigenvalue weighted by Crippen LogP contribution is 2.31. The summed E-state index contributed by atoms with van der Waals surface area (Å²) in [6.07, 6.45) is 1.91. The molecule has 2 aliphatic rings. The third kappa shape index (κ3) is 2.78. The molecular weight excluding hydrogens is 328 g/mol. The van der Waals surface area contributed by atoms with E-state index in [-0.39, 0.29) is 18.1 Å². The molecule has 6 heteroatoms. The minimum absolute atomic E-state index is 0.0277. The molecule has 6 nitrogen and oxygen atoms in total. The van der Waals surface area contributed by atoms with Gasteiger partial charge in [0.2, 0.25) is 0 Å². The van der Waals surface area contributed by atoms with Crippen LogP contribution >= 0.6 is 0 Å². The highest BCUT2D eigenvalue weighted by molar-refractivity contribution is 5.94. The number of amides is 1. The van der Waals surface area contributed by atoms with Gasteiger partial charge in [-0.05, 0) is 37.0 Å². The second kappa shape index (κ2) is 6.58. The molecule has 1 aromatic heterocycles. The van der Waals surface area contributed by atoms with Crippen LogP contribution in [0.4, 0.5) is 0 Å². The number of aromatic nitrogens is 2. The van der Waals surface area contributed by atoms with Gasteiger partial charge >= 0.3 is 0 Å². The van der Waals surface area contributed by atoms with Crippen molar-refractivity contribution in [2.75, 3.05) is 6.54 Å². The number of rotatable bonds is 2. The van der Waals surface area contributed by atoms with Gasteiger partial charge in [0.25, 0.3) is 5.91 Å². The summed E-state index contributed by atoms with van der Waals surface area (Å²) in [5, 5.41) is 16.3. The van der Waals surface area contributed by atoms with Crippen molar-refractivity contribution in [3.8, 4) is 6.07 Å². The van der Waals surface area contributed by atoms with Gasteiger partial charge in [0.05, 0.1) is 30.4 Å². The molecule has 2 aliphatic heterocycles. The second-order valence-corrected chi connectivity index (χ2v) is 7.12. The van der Waals surface area contributed by atoms with E-state index < -0.39 is 0 Å². The summed E-state index contributed by atoms with van der Waals surface area (Å²) in [5.74, 6) is -0.0277. The van der Waals surface area contributed by atoms with Crippen LogP contribution in [0, 0.1) is 11.3 Å². The van der Waals surface area contributed by atoms with E-state index in [0.717, 1.165) is 28.8 Å². The first-order valence-electron chi connectivity index (χ1n) is 9.07. The summed E-state index contributed by atoms with van der Waals surface area (Å²) in [4.78, 5) is 15.0. The van der Waals surface area contributed by atoms with Gasteiger partial charge in [-0.1, -0.05) is 18.2 Å². The standard InChI is InChI=1S/C20H22N4O2/c1-12-10-17-18(13(2)26-12)22-23-19(17)20(25)24-9-7-16-14(6-8-21)4-3-5-15(16)11-24/h3-5,12-13H,6-7,9-11H2,1-2H3,(H,22,23)/t12-,13+/m1/s1. The number of nitrogens with zero attached hydrogens (tertiary/aromatic N) is 3. The van der Waals surface area contributed by atoms with Crippen molar-refractivity contribution in [1.29, 1.82) is 5.26 Å². The molecule has 0 bridgehead atoms. The number of nitriles is 1. The molecule has 2 aromatic rings. The normalized spacial score (nSPS) is 21.7. The van der Waals surface area contributed by atoms with Gasteiger partial charge < -0.3 is 9.64 Å². The number of nitrogens with one attached hydrogen (secondary N) is 1. The molecule has 3 heterocycles. The summed E-state index contributed by atoms with van der Waals surface area (Å²) < 4.78 is 5.81. The Bertz CT molecular complexity index is 896. The van der Waals surface area contributed by atoms with Gasteiger partial charge in [-0.3, -0.25) is 9.89 Å². The summed E-state index contributed by atoms with van der Waals surface area (Å²) in [6.45, 7) is 5.22. The molecule has 0 saturated heterocycles. The largest absolute Gasteiger partial charge is 0.369 e. The highest BCUT2D eigenvalue weighted by atomic mass is 16.5. The molecule has 1 amide bonds. The van der Waals surface area contributed by atoms with Crippen LogP contribution in [0.25, 0.3) is 0 Å². The fraction of sp³-hybridized carbons (Fsp3) is 0.450. The van der Waals surface area contributed by atoms with Crippen LogP contribution in [-0.4, -0.2) is 33.7 Å². The maximum absolute atomic E-state index is 13.1. The van der Waals surface area contributed by atoms with Gasteiger partial charge in [0, 0.05) is 25.1 Å². The van der Waals surface area contributed by atoms with E-state index in [2.05, 4.69) is 16.3 Å². The van der Waals surface area contributed by atoms with Gasteiger partial charge in [-0.25, -0.2) is 0 Å². The molecule has 1 N–H and O–H groups in total. The zero-order chi connectivity index (χ0) is 18.3. The lowest BCUT2D eigenvalue weighted by Gasteiger charge is -2.30. The van der Waals surface area contributed by atoms with Crippen LogP contribution in [0.3, 0.4) is 0 Å². The fourth-order valence-electron chi connectivity index (χ4n) is 4.11. The van der Waals surface area contributed by atoms with E-state index in [1.165, 1.54) is 5.56 Å². The zero-order valence-electron chi connectivity index (χ0n) is 15.1. The molecule has 134 valence electrons. The van der Waals surface area contributed by atoms with Gasteiger partial charge in [0.1, 0.15) is 0 Å². The number of aromatic amines is 1. The van der Waals surface area contributed by atoms with E-state index in [4.69, 9.17) is 10.00 Å². The van der Waals surface area contributed by atoms with E-state index >= 15 is 0 Å².